The quantitative estimate of drug-likeness (QED) is 0.882. The molecule has 1 aromatic heterocycles. The van der Waals surface area contributed by atoms with E-state index < -0.39 is 12.1 Å². The van der Waals surface area contributed by atoms with Gasteiger partial charge in [-0.2, -0.15) is 13.2 Å². The number of hydrogen-bond donors (Lipinski definition) is 2. The lowest BCUT2D eigenvalue weighted by Gasteiger charge is -2.24. The Bertz CT molecular complexity index is 549. The Hall–Kier alpha value is -1.24. The van der Waals surface area contributed by atoms with E-state index in [1.54, 1.807) is 0 Å². The molecule has 1 heterocycles. The molecule has 0 spiro atoms. The standard InChI is InChI=1S/C13H15F3N2OS/c14-13(15,16)6-1-4-8-9(5-6)20-11(17)10(8)12(19)18-7-2-3-7/h6-7H,1-5,17H2,(H,18,19). The van der Waals surface area contributed by atoms with Gasteiger partial charge >= 0.3 is 6.18 Å². The van der Waals surface area contributed by atoms with Crippen molar-refractivity contribution in [2.75, 3.05) is 5.73 Å². The van der Waals surface area contributed by atoms with Crippen molar-refractivity contribution in [1.82, 2.24) is 5.32 Å². The molecule has 0 bridgehead atoms. The summed E-state index contributed by atoms with van der Waals surface area (Å²) >= 11 is 1.13. The first-order chi connectivity index (χ1) is 9.36. The van der Waals surface area contributed by atoms with Crippen molar-refractivity contribution in [2.45, 2.75) is 44.3 Å². The number of thiophene rings is 1. The van der Waals surface area contributed by atoms with Crippen molar-refractivity contribution in [2.24, 2.45) is 5.92 Å². The molecule has 1 aromatic rings. The molecule has 3 rings (SSSR count). The zero-order valence-corrected chi connectivity index (χ0v) is 11.5. The number of alkyl halides is 3. The number of amides is 1. The van der Waals surface area contributed by atoms with Crippen LogP contribution in [0.3, 0.4) is 0 Å². The summed E-state index contributed by atoms with van der Waals surface area (Å²) in [5, 5.41) is 3.20. The van der Waals surface area contributed by atoms with Gasteiger partial charge in [0, 0.05) is 10.9 Å². The van der Waals surface area contributed by atoms with Crippen molar-refractivity contribution >= 4 is 22.2 Å². The van der Waals surface area contributed by atoms with Crippen LogP contribution in [0, 0.1) is 5.92 Å². The summed E-state index contributed by atoms with van der Waals surface area (Å²) in [6.45, 7) is 0. The smallest absolute Gasteiger partial charge is 0.390 e. The fourth-order valence-corrected chi connectivity index (χ4v) is 3.82. The third-order valence-corrected chi connectivity index (χ3v) is 4.98. The van der Waals surface area contributed by atoms with Gasteiger partial charge in [-0.15, -0.1) is 11.3 Å². The molecule has 110 valence electrons. The highest BCUT2D eigenvalue weighted by atomic mass is 32.1. The summed E-state index contributed by atoms with van der Waals surface area (Å²) < 4.78 is 38.3. The average molecular weight is 304 g/mol. The highest BCUT2D eigenvalue weighted by molar-refractivity contribution is 7.16. The van der Waals surface area contributed by atoms with E-state index in [0.717, 1.165) is 29.7 Å². The van der Waals surface area contributed by atoms with Crippen molar-refractivity contribution < 1.29 is 18.0 Å². The molecule has 1 amide bonds. The maximum atomic E-state index is 12.8. The van der Waals surface area contributed by atoms with Crippen LogP contribution >= 0.6 is 11.3 Å². The zero-order valence-electron chi connectivity index (χ0n) is 10.7. The highest BCUT2D eigenvalue weighted by Gasteiger charge is 2.43. The van der Waals surface area contributed by atoms with E-state index in [1.165, 1.54) is 0 Å². The molecular formula is C13H15F3N2OS. The van der Waals surface area contributed by atoms with E-state index in [1.807, 2.05) is 0 Å². The summed E-state index contributed by atoms with van der Waals surface area (Å²) in [6, 6.07) is 0.212. The molecule has 0 saturated heterocycles. The summed E-state index contributed by atoms with van der Waals surface area (Å²) in [5.74, 6) is -1.54. The Kier molecular flexibility index (Phi) is 3.19. The number of nitrogens with one attached hydrogen (secondary N) is 1. The van der Waals surface area contributed by atoms with Crippen molar-refractivity contribution in [1.29, 1.82) is 0 Å². The first-order valence-electron chi connectivity index (χ1n) is 6.64. The number of fused-ring (bicyclic) bond motifs is 1. The number of nitrogen functional groups attached to an aromatic ring is 1. The third-order valence-electron chi connectivity index (χ3n) is 3.90. The Balaban J connectivity index is 1.85. The molecule has 0 aromatic carbocycles. The van der Waals surface area contributed by atoms with E-state index in [0.29, 0.717) is 15.4 Å². The van der Waals surface area contributed by atoms with Crippen LogP contribution in [0.4, 0.5) is 18.2 Å². The summed E-state index contributed by atoms with van der Waals surface area (Å²) in [5.41, 5.74) is 6.99. The molecule has 1 fully saturated rings. The van der Waals surface area contributed by atoms with Gasteiger partial charge in [-0.1, -0.05) is 0 Å². The van der Waals surface area contributed by atoms with E-state index in [4.69, 9.17) is 5.73 Å². The Morgan fingerprint density at radius 2 is 2.00 bits per heavy atom. The Labute approximate surface area is 118 Å². The predicted octanol–water partition coefficient (Wildman–Crippen LogP) is 2.89. The van der Waals surface area contributed by atoms with Crippen LogP contribution in [0.5, 0.6) is 0 Å². The monoisotopic (exact) mass is 304 g/mol. The minimum absolute atomic E-state index is 0.0381. The van der Waals surface area contributed by atoms with Gasteiger partial charge in [0.1, 0.15) is 0 Å². The molecule has 1 saturated carbocycles. The van der Waals surface area contributed by atoms with Crippen LogP contribution in [0.2, 0.25) is 0 Å². The Morgan fingerprint density at radius 1 is 1.30 bits per heavy atom. The number of carbonyl (C=O) groups is 1. The predicted molar refractivity (Wildman–Crippen MR) is 70.8 cm³/mol. The SMILES string of the molecule is Nc1sc2c(c1C(=O)NC1CC1)CCC(C(F)(F)F)C2. The molecule has 1 unspecified atom stereocenters. The average Bonchev–Trinajstić information content (AvgIpc) is 3.07. The molecule has 7 heteroatoms. The molecule has 2 aliphatic rings. The van der Waals surface area contributed by atoms with Crippen molar-refractivity contribution in [3.8, 4) is 0 Å². The van der Waals surface area contributed by atoms with Crippen molar-refractivity contribution in [3.63, 3.8) is 0 Å². The van der Waals surface area contributed by atoms with E-state index in [2.05, 4.69) is 5.32 Å². The second-order valence-electron chi connectivity index (χ2n) is 5.47. The van der Waals surface area contributed by atoms with Gasteiger partial charge in [0.25, 0.3) is 5.91 Å². The second-order valence-corrected chi connectivity index (χ2v) is 6.61. The fourth-order valence-electron chi connectivity index (χ4n) is 2.62. The number of rotatable bonds is 2. The molecular weight excluding hydrogens is 289 g/mol. The van der Waals surface area contributed by atoms with Gasteiger partial charge in [-0.25, -0.2) is 0 Å². The van der Waals surface area contributed by atoms with Gasteiger partial charge in [-0.05, 0) is 37.7 Å². The topological polar surface area (TPSA) is 55.1 Å². The molecule has 3 nitrogen and oxygen atoms in total. The molecule has 3 N–H and O–H groups in total. The first-order valence-corrected chi connectivity index (χ1v) is 7.45. The van der Waals surface area contributed by atoms with Gasteiger partial charge in [0.2, 0.25) is 0 Å². The molecule has 20 heavy (non-hydrogen) atoms. The number of nitrogens with two attached hydrogens (primary N) is 1. The Morgan fingerprint density at radius 3 is 2.60 bits per heavy atom. The van der Waals surface area contributed by atoms with E-state index in [9.17, 15) is 18.0 Å². The molecule has 0 radical (unpaired) electrons. The van der Waals surface area contributed by atoms with Gasteiger partial charge < -0.3 is 11.1 Å². The summed E-state index contributed by atoms with van der Waals surface area (Å²) in [7, 11) is 0. The third kappa shape index (κ3) is 2.51. The number of halogens is 3. The minimum Gasteiger partial charge on any atom is -0.390 e. The van der Waals surface area contributed by atoms with Crippen molar-refractivity contribution in [3.05, 3.63) is 16.0 Å². The van der Waals surface area contributed by atoms with E-state index in [-0.39, 0.29) is 31.2 Å². The normalized spacial score (nSPS) is 22.4. The van der Waals surface area contributed by atoms with Crippen LogP contribution in [-0.2, 0) is 12.8 Å². The highest BCUT2D eigenvalue weighted by Crippen LogP contribution is 2.43. The van der Waals surface area contributed by atoms with Crippen LogP contribution in [0.15, 0.2) is 0 Å². The maximum absolute atomic E-state index is 12.8. The molecule has 0 aliphatic heterocycles. The summed E-state index contributed by atoms with van der Waals surface area (Å²) in [6.07, 6.45) is -1.98. The van der Waals surface area contributed by atoms with Crippen LogP contribution in [0.1, 0.15) is 40.1 Å². The number of carbonyl (C=O) groups excluding carboxylic acids is 1. The molecule has 1 atom stereocenters. The van der Waals surface area contributed by atoms with E-state index >= 15 is 0 Å². The lowest BCUT2D eigenvalue weighted by Crippen LogP contribution is -2.30. The second kappa shape index (κ2) is 4.65. The van der Waals surface area contributed by atoms with Gasteiger partial charge in [0.15, 0.2) is 0 Å². The minimum atomic E-state index is -4.17. The zero-order chi connectivity index (χ0) is 14.5. The fraction of sp³-hybridized carbons (Fsp3) is 0.615. The van der Waals surface area contributed by atoms with Crippen LogP contribution in [0.25, 0.3) is 0 Å². The summed E-state index contributed by atoms with van der Waals surface area (Å²) in [4.78, 5) is 12.7. The van der Waals surface area contributed by atoms with Crippen LogP contribution < -0.4 is 11.1 Å². The maximum Gasteiger partial charge on any atom is 0.392 e. The largest absolute Gasteiger partial charge is 0.392 e. The first kappa shape index (κ1) is 13.7. The van der Waals surface area contributed by atoms with Gasteiger partial charge in [-0.3, -0.25) is 4.79 Å². The van der Waals surface area contributed by atoms with Crippen LogP contribution in [-0.4, -0.2) is 18.1 Å². The lowest BCUT2D eigenvalue weighted by atomic mass is 9.86. The lowest BCUT2D eigenvalue weighted by molar-refractivity contribution is -0.176. The van der Waals surface area contributed by atoms with Gasteiger partial charge in [0.05, 0.1) is 16.5 Å². The number of hydrogen-bond acceptors (Lipinski definition) is 3. The molecule has 2 aliphatic carbocycles. The number of anilines is 1.